The highest BCUT2D eigenvalue weighted by Crippen LogP contribution is 2.12. The number of para-hydroxylation sites is 1. The summed E-state index contributed by atoms with van der Waals surface area (Å²) < 4.78 is 4.93. The average Bonchev–Trinajstić information content (AvgIpc) is 3.14. The van der Waals surface area contributed by atoms with Crippen molar-refractivity contribution in [2.45, 2.75) is 25.3 Å². The number of ether oxygens (including phenoxy) is 1. The van der Waals surface area contributed by atoms with E-state index >= 15 is 0 Å². The van der Waals surface area contributed by atoms with E-state index in [1.807, 2.05) is 6.07 Å². The van der Waals surface area contributed by atoms with E-state index < -0.39 is 18.0 Å². The molecule has 0 saturated carbocycles. The van der Waals surface area contributed by atoms with Crippen LogP contribution in [0.4, 0.5) is 10.5 Å². The summed E-state index contributed by atoms with van der Waals surface area (Å²) in [7, 11) is 0. The molecule has 1 aliphatic heterocycles. The highest BCUT2D eigenvalue weighted by atomic mass is 16.5. The summed E-state index contributed by atoms with van der Waals surface area (Å²) in [5.74, 6) is -0.825. The average molecular weight is 345 g/mol. The molecule has 7 nitrogen and oxygen atoms in total. The SMILES string of the molecule is C=CCOC(=O)C[C@@H](NC(=O)Nc1ccccc1)C(=O)N1CCCC1. The highest BCUT2D eigenvalue weighted by molar-refractivity contribution is 5.95. The van der Waals surface area contributed by atoms with Crippen molar-refractivity contribution in [2.75, 3.05) is 25.0 Å². The number of amides is 3. The number of urea groups is 1. The molecule has 1 heterocycles. The van der Waals surface area contributed by atoms with Crippen molar-refractivity contribution in [3.05, 3.63) is 43.0 Å². The quantitative estimate of drug-likeness (QED) is 0.584. The molecular weight excluding hydrogens is 322 g/mol. The second-order valence-electron chi connectivity index (χ2n) is 5.73. The summed E-state index contributed by atoms with van der Waals surface area (Å²) in [6.45, 7) is 4.82. The monoisotopic (exact) mass is 345 g/mol. The van der Waals surface area contributed by atoms with E-state index in [4.69, 9.17) is 4.74 Å². The van der Waals surface area contributed by atoms with Crippen LogP contribution in [0.15, 0.2) is 43.0 Å². The van der Waals surface area contributed by atoms with Crippen molar-refractivity contribution >= 4 is 23.6 Å². The van der Waals surface area contributed by atoms with Crippen molar-refractivity contribution in [3.63, 3.8) is 0 Å². The van der Waals surface area contributed by atoms with Crippen LogP contribution < -0.4 is 10.6 Å². The van der Waals surface area contributed by atoms with Gasteiger partial charge in [-0.3, -0.25) is 9.59 Å². The third-order valence-electron chi connectivity index (χ3n) is 3.79. The molecule has 0 aromatic heterocycles. The molecule has 2 N–H and O–H groups in total. The first kappa shape index (κ1) is 18.5. The van der Waals surface area contributed by atoms with Gasteiger partial charge in [0.05, 0.1) is 6.42 Å². The number of likely N-dealkylation sites (tertiary alicyclic amines) is 1. The summed E-state index contributed by atoms with van der Waals surface area (Å²) in [5, 5.41) is 5.23. The van der Waals surface area contributed by atoms with Gasteiger partial charge >= 0.3 is 12.0 Å². The molecule has 1 saturated heterocycles. The first-order chi connectivity index (χ1) is 12.1. The predicted molar refractivity (Wildman–Crippen MR) is 94.0 cm³/mol. The van der Waals surface area contributed by atoms with Crippen LogP contribution in [0, 0.1) is 0 Å². The smallest absolute Gasteiger partial charge is 0.319 e. The molecule has 1 aliphatic rings. The Balaban J connectivity index is 1.99. The number of carbonyl (C=O) groups excluding carboxylic acids is 3. The molecule has 0 bridgehead atoms. The van der Waals surface area contributed by atoms with Gasteiger partial charge in [-0.2, -0.15) is 0 Å². The van der Waals surface area contributed by atoms with Crippen LogP contribution >= 0.6 is 0 Å². The van der Waals surface area contributed by atoms with Crippen LogP contribution in [-0.2, 0) is 14.3 Å². The van der Waals surface area contributed by atoms with Gasteiger partial charge in [0.25, 0.3) is 0 Å². The molecule has 0 radical (unpaired) electrons. The Hall–Kier alpha value is -2.83. The van der Waals surface area contributed by atoms with Gasteiger partial charge in [-0.25, -0.2) is 4.79 Å². The lowest BCUT2D eigenvalue weighted by atomic mass is 10.2. The fraction of sp³-hybridized carbons (Fsp3) is 0.389. The molecule has 134 valence electrons. The van der Waals surface area contributed by atoms with E-state index in [9.17, 15) is 14.4 Å². The Morgan fingerprint density at radius 1 is 1.20 bits per heavy atom. The van der Waals surface area contributed by atoms with Gasteiger partial charge in [0.1, 0.15) is 12.6 Å². The van der Waals surface area contributed by atoms with Crippen LogP contribution in [0.1, 0.15) is 19.3 Å². The number of rotatable bonds is 7. The number of carbonyl (C=O) groups is 3. The Bertz CT molecular complexity index is 612. The number of hydrogen-bond acceptors (Lipinski definition) is 4. The molecule has 1 aromatic carbocycles. The summed E-state index contributed by atoms with van der Waals surface area (Å²) in [6, 6.07) is 7.37. The largest absolute Gasteiger partial charge is 0.461 e. The number of esters is 1. The van der Waals surface area contributed by atoms with E-state index in [-0.39, 0.29) is 18.9 Å². The Morgan fingerprint density at radius 3 is 2.52 bits per heavy atom. The van der Waals surface area contributed by atoms with Crippen LogP contribution in [0.2, 0.25) is 0 Å². The van der Waals surface area contributed by atoms with E-state index in [1.54, 1.807) is 29.2 Å². The van der Waals surface area contributed by atoms with E-state index in [2.05, 4.69) is 17.2 Å². The predicted octanol–water partition coefficient (Wildman–Crippen LogP) is 1.92. The van der Waals surface area contributed by atoms with Crippen molar-refractivity contribution < 1.29 is 19.1 Å². The summed E-state index contributed by atoms with van der Waals surface area (Å²) in [4.78, 5) is 38.3. The molecule has 7 heteroatoms. The van der Waals surface area contributed by atoms with Crippen LogP contribution in [0.5, 0.6) is 0 Å². The number of nitrogens with zero attached hydrogens (tertiary/aromatic N) is 1. The zero-order valence-corrected chi connectivity index (χ0v) is 14.1. The lowest BCUT2D eigenvalue weighted by molar-refractivity contribution is -0.146. The number of hydrogen-bond donors (Lipinski definition) is 2. The normalized spacial score (nSPS) is 14.5. The lowest BCUT2D eigenvalue weighted by Gasteiger charge is -2.23. The van der Waals surface area contributed by atoms with Crippen molar-refractivity contribution in [1.82, 2.24) is 10.2 Å². The minimum Gasteiger partial charge on any atom is -0.461 e. The molecule has 1 fully saturated rings. The van der Waals surface area contributed by atoms with Gasteiger partial charge in [0.2, 0.25) is 5.91 Å². The van der Waals surface area contributed by atoms with Gasteiger partial charge in [-0.15, -0.1) is 0 Å². The maximum absolute atomic E-state index is 12.6. The standard InChI is InChI=1S/C18H23N3O4/c1-2-12-25-16(22)13-15(17(23)21-10-6-7-11-21)20-18(24)19-14-8-4-3-5-9-14/h2-5,8-9,15H,1,6-7,10-13H2,(H2,19,20,24)/t15-/m1/s1. The molecule has 0 spiro atoms. The second-order valence-corrected chi connectivity index (χ2v) is 5.73. The number of benzene rings is 1. The summed E-state index contributed by atoms with van der Waals surface area (Å²) in [5.41, 5.74) is 0.599. The molecule has 0 unspecified atom stereocenters. The van der Waals surface area contributed by atoms with Crippen LogP contribution in [0.25, 0.3) is 0 Å². The number of anilines is 1. The van der Waals surface area contributed by atoms with E-state index in [0.29, 0.717) is 18.8 Å². The van der Waals surface area contributed by atoms with E-state index in [1.165, 1.54) is 6.08 Å². The first-order valence-electron chi connectivity index (χ1n) is 8.28. The van der Waals surface area contributed by atoms with E-state index in [0.717, 1.165) is 12.8 Å². The van der Waals surface area contributed by atoms with Crippen molar-refractivity contribution in [1.29, 1.82) is 0 Å². The lowest BCUT2D eigenvalue weighted by Crippen LogP contribution is -2.50. The summed E-state index contributed by atoms with van der Waals surface area (Å²) in [6.07, 6.45) is 3.08. The minimum atomic E-state index is -0.959. The molecule has 3 amide bonds. The third-order valence-corrected chi connectivity index (χ3v) is 3.79. The Morgan fingerprint density at radius 2 is 1.88 bits per heavy atom. The van der Waals surface area contributed by atoms with Gasteiger partial charge in [-0.1, -0.05) is 30.9 Å². The summed E-state index contributed by atoms with van der Waals surface area (Å²) >= 11 is 0. The second kappa shape index (κ2) is 9.46. The molecule has 1 aromatic rings. The fourth-order valence-corrected chi connectivity index (χ4v) is 2.58. The van der Waals surface area contributed by atoms with Crippen LogP contribution in [0.3, 0.4) is 0 Å². The Kier molecular flexibility index (Phi) is 7.00. The van der Waals surface area contributed by atoms with Gasteiger partial charge in [0, 0.05) is 18.8 Å². The van der Waals surface area contributed by atoms with Crippen molar-refractivity contribution in [3.8, 4) is 0 Å². The first-order valence-corrected chi connectivity index (χ1v) is 8.28. The zero-order valence-electron chi connectivity index (χ0n) is 14.1. The zero-order chi connectivity index (χ0) is 18.1. The van der Waals surface area contributed by atoms with Crippen molar-refractivity contribution in [2.24, 2.45) is 0 Å². The van der Waals surface area contributed by atoms with Gasteiger partial charge in [-0.05, 0) is 25.0 Å². The maximum atomic E-state index is 12.6. The fourth-order valence-electron chi connectivity index (χ4n) is 2.58. The molecular formula is C18H23N3O4. The minimum absolute atomic E-state index is 0.0691. The molecule has 25 heavy (non-hydrogen) atoms. The van der Waals surface area contributed by atoms with Crippen LogP contribution in [-0.4, -0.2) is 48.5 Å². The van der Waals surface area contributed by atoms with Gasteiger partial charge in [0.15, 0.2) is 0 Å². The topological polar surface area (TPSA) is 87.7 Å². The molecule has 2 rings (SSSR count). The molecule has 0 aliphatic carbocycles. The third kappa shape index (κ3) is 5.95. The molecule has 1 atom stereocenters. The Labute approximate surface area is 147 Å². The maximum Gasteiger partial charge on any atom is 0.319 e. The highest BCUT2D eigenvalue weighted by Gasteiger charge is 2.30. The van der Waals surface area contributed by atoms with Gasteiger partial charge < -0.3 is 20.3 Å². The number of nitrogens with one attached hydrogen (secondary N) is 2.